The summed E-state index contributed by atoms with van der Waals surface area (Å²) in [5.41, 5.74) is -0.102. The first-order valence-electron chi connectivity index (χ1n) is 7.90. The minimum atomic E-state index is -3.11. The number of hydrogen-bond donors (Lipinski definition) is 1. The highest BCUT2D eigenvalue weighted by atomic mass is 32.2. The lowest BCUT2D eigenvalue weighted by molar-refractivity contribution is -0.0808. The van der Waals surface area contributed by atoms with E-state index in [1.165, 1.54) is 19.3 Å². The van der Waals surface area contributed by atoms with Crippen molar-refractivity contribution in [2.24, 2.45) is 0 Å². The van der Waals surface area contributed by atoms with Crippen molar-refractivity contribution in [2.75, 3.05) is 25.4 Å². The van der Waals surface area contributed by atoms with Crippen molar-refractivity contribution < 1.29 is 13.2 Å². The lowest BCUT2D eigenvalue weighted by Gasteiger charge is -2.40. The lowest BCUT2D eigenvalue weighted by Crippen LogP contribution is -2.51. The molecule has 0 unspecified atom stereocenters. The van der Waals surface area contributed by atoms with Crippen molar-refractivity contribution in [1.82, 2.24) is 9.62 Å². The van der Waals surface area contributed by atoms with Crippen LogP contribution in [-0.2, 0) is 14.8 Å². The van der Waals surface area contributed by atoms with Gasteiger partial charge in [-0.3, -0.25) is 4.90 Å². The van der Waals surface area contributed by atoms with Gasteiger partial charge in [0.05, 0.1) is 11.4 Å². The highest BCUT2D eigenvalue weighted by Gasteiger charge is 2.45. The first-order chi connectivity index (χ1) is 9.52. The Morgan fingerprint density at radius 1 is 1.35 bits per heavy atom. The molecule has 1 saturated carbocycles. The summed E-state index contributed by atoms with van der Waals surface area (Å²) in [4.78, 5) is 2.56. The van der Waals surface area contributed by atoms with E-state index in [2.05, 4.69) is 9.62 Å². The Hall–Kier alpha value is -0.170. The summed E-state index contributed by atoms with van der Waals surface area (Å²) >= 11 is 0. The molecule has 2 atom stereocenters. The third-order valence-electron chi connectivity index (χ3n) is 5.16. The quantitative estimate of drug-likeness (QED) is 0.845. The van der Waals surface area contributed by atoms with Gasteiger partial charge in [-0.2, -0.15) is 0 Å². The van der Waals surface area contributed by atoms with Crippen molar-refractivity contribution >= 4 is 10.0 Å². The van der Waals surface area contributed by atoms with Crippen LogP contribution in [0.2, 0.25) is 0 Å². The normalized spacial score (nSPS) is 36.4. The van der Waals surface area contributed by atoms with Gasteiger partial charge in [-0.05, 0) is 39.0 Å². The summed E-state index contributed by atoms with van der Waals surface area (Å²) in [6, 6.07) is 0.806. The molecular formula is C14H26N2O3S. The van der Waals surface area contributed by atoms with Crippen LogP contribution in [0, 0.1) is 0 Å². The zero-order chi connectivity index (χ0) is 14.2. The first kappa shape index (κ1) is 14.8. The largest absolute Gasteiger partial charge is 0.373 e. The number of sulfonamides is 1. The van der Waals surface area contributed by atoms with Gasteiger partial charge in [-0.15, -0.1) is 0 Å². The third-order valence-corrected chi connectivity index (χ3v) is 6.61. The topological polar surface area (TPSA) is 58.6 Å². The predicted molar refractivity (Wildman–Crippen MR) is 78.1 cm³/mol. The molecule has 3 fully saturated rings. The van der Waals surface area contributed by atoms with Crippen molar-refractivity contribution in [3.8, 4) is 0 Å². The van der Waals surface area contributed by atoms with E-state index in [1.54, 1.807) is 6.92 Å². The molecule has 5 nitrogen and oxygen atoms in total. The standard InChI is InChI=1S/C14H26N2O3S/c1-2-20(17,18)15-12-6-9-19-14(10-12)7-8-16(11-14)13-4-3-5-13/h12-13,15H,2-11H2,1H3/t12-,14-/m0/s1. The Kier molecular flexibility index (Phi) is 4.10. The van der Waals surface area contributed by atoms with Gasteiger partial charge in [-0.25, -0.2) is 13.1 Å². The fourth-order valence-corrected chi connectivity index (χ4v) is 4.56. The van der Waals surface area contributed by atoms with Gasteiger partial charge in [-0.1, -0.05) is 6.42 Å². The van der Waals surface area contributed by atoms with Crippen LogP contribution in [0.25, 0.3) is 0 Å². The summed E-state index contributed by atoms with van der Waals surface area (Å²) in [6.07, 6.45) is 6.67. The molecule has 2 saturated heterocycles. The van der Waals surface area contributed by atoms with Crippen LogP contribution in [0.1, 0.15) is 45.4 Å². The zero-order valence-electron chi connectivity index (χ0n) is 12.3. The van der Waals surface area contributed by atoms with Crippen LogP contribution >= 0.6 is 0 Å². The molecule has 1 spiro atoms. The Morgan fingerprint density at radius 2 is 2.15 bits per heavy atom. The monoisotopic (exact) mass is 302 g/mol. The molecule has 0 radical (unpaired) electrons. The van der Waals surface area contributed by atoms with E-state index in [4.69, 9.17) is 4.74 Å². The number of ether oxygens (including phenoxy) is 1. The van der Waals surface area contributed by atoms with Crippen LogP contribution in [0.5, 0.6) is 0 Å². The second kappa shape index (κ2) is 5.55. The Morgan fingerprint density at radius 3 is 2.80 bits per heavy atom. The van der Waals surface area contributed by atoms with E-state index >= 15 is 0 Å². The molecule has 116 valence electrons. The highest BCUT2D eigenvalue weighted by Crippen LogP contribution is 2.38. The maximum Gasteiger partial charge on any atom is 0.211 e. The van der Waals surface area contributed by atoms with Gasteiger partial charge in [0.2, 0.25) is 10.0 Å². The molecule has 20 heavy (non-hydrogen) atoms. The van der Waals surface area contributed by atoms with E-state index in [-0.39, 0.29) is 17.4 Å². The zero-order valence-corrected chi connectivity index (χ0v) is 13.1. The number of rotatable bonds is 4. The van der Waals surface area contributed by atoms with Crippen LogP contribution in [0.4, 0.5) is 0 Å². The lowest BCUT2D eigenvalue weighted by atomic mass is 9.89. The minimum absolute atomic E-state index is 0.0510. The van der Waals surface area contributed by atoms with Gasteiger partial charge in [0.15, 0.2) is 0 Å². The Bertz CT molecular complexity index is 449. The number of hydrogen-bond acceptors (Lipinski definition) is 4. The smallest absolute Gasteiger partial charge is 0.211 e. The van der Waals surface area contributed by atoms with Crippen LogP contribution in [0.3, 0.4) is 0 Å². The van der Waals surface area contributed by atoms with E-state index in [0.29, 0.717) is 6.61 Å². The van der Waals surface area contributed by atoms with Crippen molar-refractivity contribution in [3.05, 3.63) is 0 Å². The average Bonchev–Trinajstić information content (AvgIpc) is 2.70. The molecular weight excluding hydrogens is 276 g/mol. The molecule has 1 N–H and O–H groups in total. The molecule has 2 heterocycles. The fourth-order valence-electron chi connectivity index (χ4n) is 3.69. The van der Waals surface area contributed by atoms with Gasteiger partial charge >= 0.3 is 0 Å². The molecule has 0 aromatic rings. The minimum Gasteiger partial charge on any atom is -0.373 e. The molecule has 3 aliphatic rings. The second-order valence-electron chi connectivity index (χ2n) is 6.55. The maximum atomic E-state index is 11.7. The molecule has 3 rings (SSSR count). The molecule has 1 aliphatic carbocycles. The van der Waals surface area contributed by atoms with E-state index in [9.17, 15) is 8.42 Å². The van der Waals surface area contributed by atoms with Crippen LogP contribution in [-0.4, -0.2) is 56.5 Å². The maximum absolute atomic E-state index is 11.7. The molecule has 0 aromatic heterocycles. The van der Waals surface area contributed by atoms with E-state index in [1.807, 2.05) is 0 Å². The number of likely N-dealkylation sites (tertiary alicyclic amines) is 1. The predicted octanol–water partition coefficient (Wildman–Crippen LogP) is 1.10. The van der Waals surface area contributed by atoms with Crippen molar-refractivity contribution in [3.63, 3.8) is 0 Å². The molecule has 0 amide bonds. The van der Waals surface area contributed by atoms with Gasteiger partial charge in [0.1, 0.15) is 0 Å². The Labute approximate surface area is 122 Å². The van der Waals surface area contributed by atoms with Crippen LogP contribution < -0.4 is 4.72 Å². The van der Waals surface area contributed by atoms with Gasteiger partial charge in [0.25, 0.3) is 0 Å². The summed E-state index contributed by atoms with van der Waals surface area (Å²) in [5.74, 6) is 0.158. The summed E-state index contributed by atoms with van der Waals surface area (Å²) in [7, 11) is -3.11. The second-order valence-corrected chi connectivity index (χ2v) is 8.59. The average molecular weight is 302 g/mol. The molecule has 2 aliphatic heterocycles. The molecule has 6 heteroatoms. The molecule has 0 aromatic carbocycles. The van der Waals surface area contributed by atoms with E-state index in [0.717, 1.165) is 38.4 Å². The molecule has 0 bridgehead atoms. The number of nitrogens with zero attached hydrogens (tertiary/aromatic N) is 1. The van der Waals surface area contributed by atoms with Gasteiger partial charge < -0.3 is 4.74 Å². The summed E-state index contributed by atoms with van der Waals surface area (Å²) < 4.78 is 32.4. The SMILES string of the molecule is CCS(=O)(=O)N[C@H]1CCO[C@@]2(CCN(C3CCC3)C2)C1. The van der Waals surface area contributed by atoms with Crippen molar-refractivity contribution in [2.45, 2.75) is 63.1 Å². The first-order valence-corrected chi connectivity index (χ1v) is 9.55. The third kappa shape index (κ3) is 3.03. The fraction of sp³-hybridized carbons (Fsp3) is 1.00. The van der Waals surface area contributed by atoms with Gasteiger partial charge in [0, 0.05) is 31.8 Å². The Balaban J connectivity index is 1.60. The van der Waals surface area contributed by atoms with Crippen LogP contribution in [0.15, 0.2) is 0 Å². The van der Waals surface area contributed by atoms with E-state index < -0.39 is 10.0 Å². The summed E-state index contributed by atoms with van der Waals surface area (Å²) in [5, 5.41) is 0. The van der Waals surface area contributed by atoms with Crippen molar-refractivity contribution in [1.29, 1.82) is 0 Å². The number of nitrogens with one attached hydrogen (secondary N) is 1. The highest BCUT2D eigenvalue weighted by molar-refractivity contribution is 7.89. The summed E-state index contributed by atoms with van der Waals surface area (Å²) in [6.45, 7) is 4.46.